The van der Waals surface area contributed by atoms with Crippen LogP contribution in [0.3, 0.4) is 0 Å². The average molecular weight is 255 g/mol. The van der Waals surface area contributed by atoms with E-state index in [1.54, 1.807) is 23.3 Å². The zero-order valence-electron chi connectivity index (χ0n) is 10.8. The zero-order valence-corrected chi connectivity index (χ0v) is 10.8. The molecule has 0 unspecified atom stereocenters. The van der Waals surface area contributed by atoms with Crippen LogP contribution in [0.1, 0.15) is 24.3 Å². The van der Waals surface area contributed by atoms with Gasteiger partial charge in [-0.05, 0) is 24.3 Å². The van der Waals surface area contributed by atoms with E-state index in [1.165, 1.54) is 5.56 Å². The van der Waals surface area contributed by atoms with Crippen molar-refractivity contribution in [1.82, 2.24) is 14.5 Å². The fourth-order valence-electron chi connectivity index (χ4n) is 2.66. The maximum atomic E-state index is 12.2. The number of hydrogen-bond acceptors (Lipinski definition) is 2. The molecule has 0 bridgehead atoms. The number of imidazole rings is 1. The summed E-state index contributed by atoms with van der Waals surface area (Å²) in [6.07, 6.45) is 6.96. The van der Waals surface area contributed by atoms with E-state index in [-0.39, 0.29) is 6.03 Å². The highest BCUT2D eigenvalue weighted by Crippen LogP contribution is 2.27. The molecule has 0 spiro atoms. The molecule has 0 atom stereocenters. The molecule has 0 N–H and O–H groups in total. The van der Waals surface area contributed by atoms with Gasteiger partial charge in [0.15, 0.2) is 0 Å². The van der Waals surface area contributed by atoms with Crippen LogP contribution in [0.15, 0.2) is 49.1 Å². The summed E-state index contributed by atoms with van der Waals surface area (Å²) in [5.74, 6) is 0.577. The van der Waals surface area contributed by atoms with Crippen molar-refractivity contribution in [3.63, 3.8) is 0 Å². The van der Waals surface area contributed by atoms with Crippen LogP contribution in [-0.2, 0) is 0 Å². The first-order valence-corrected chi connectivity index (χ1v) is 6.67. The molecule has 1 aromatic heterocycles. The number of likely N-dealkylation sites (tertiary alicyclic amines) is 1. The van der Waals surface area contributed by atoms with Gasteiger partial charge >= 0.3 is 6.03 Å². The van der Waals surface area contributed by atoms with E-state index in [1.807, 2.05) is 11.0 Å². The lowest BCUT2D eigenvalue weighted by molar-refractivity contribution is 0.183. The molecule has 1 aromatic carbocycles. The Morgan fingerprint density at radius 1 is 1.16 bits per heavy atom. The molecule has 2 aromatic rings. The molecular formula is C15H17N3O. The molecule has 0 aliphatic carbocycles. The molecule has 3 rings (SSSR count). The van der Waals surface area contributed by atoms with Gasteiger partial charge in [-0.1, -0.05) is 30.3 Å². The van der Waals surface area contributed by atoms with E-state index < -0.39 is 0 Å². The van der Waals surface area contributed by atoms with Crippen LogP contribution in [0.5, 0.6) is 0 Å². The summed E-state index contributed by atoms with van der Waals surface area (Å²) < 4.78 is 1.54. The first-order valence-electron chi connectivity index (χ1n) is 6.67. The monoisotopic (exact) mass is 255 g/mol. The quantitative estimate of drug-likeness (QED) is 0.785. The van der Waals surface area contributed by atoms with E-state index in [0.717, 1.165) is 25.9 Å². The topological polar surface area (TPSA) is 38.1 Å². The van der Waals surface area contributed by atoms with Crippen molar-refractivity contribution in [2.24, 2.45) is 0 Å². The maximum Gasteiger partial charge on any atom is 0.329 e. The molecule has 2 heterocycles. The van der Waals surface area contributed by atoms with Gasteiger partial charge in [0.2, 0.25) is 0 Å². The number of benzene rings is 1. The van der Waals surface area contributed by atoms with Gasteiger partial charge in [0, 0.05) is 25.5 Å². The number of aromatic nitrogens is 2. The number of amides is 1. The maximum absolute atomic E-state index is 12.2. The first-order chi connectivity index (χ1) is 9.34. The van der Waals surface area contributed by atoms with Gasteiger partial charge in [-0.3, -0.25) is 4.57 Å². The van der Waals surface area contributed by atoms with Crippen LogP contribution in [0.4, 0.5) is 4.79 Å². The Bertz CT molecular complexity index is 528. The smallest absolute Gasteiger partial charge is 0.324 e. The lowest BCUT2D eigenvalue weighted by Gasteiger charge is -2.32. The van der Waals surface area contributed by atoms with E-state index in [9.17, 15) is 4.79 Å². The summed E-state index contributed by atoms with van der Waals surface area (Å²) >= 11 is 0. The highest BCUT2D eigenvalue weighted by Gasteiger charge is 2.24. The van der Waals surface area contributed by atoms with Gasteiger partial charge in [0.05, 0.1) is 0 Å². The number of carbonyl (C=O) groups is 1. The molecule has 4 heteroatoms. The molecule has 19 heavy (non-hydrogen) atoms. The summed E-state index contributed by atoms with van der Waals surface area (Å²) in [5, 5.41) is 0. The summed E-state index contributed by atoms with van der Waals surface area (Å²) in [6, 6.07) is 10.6. The third kappa shape index (κ3) is 2.52. The Hall–Kier alpha value is -2.10. The predicted octanol–water partition coefficient (Wildman–Crippen LogP) is 2.73. The van der Waals surface area contributed by atoms with Crippen LogP contribution in [0.25, 0.3) is 0 Å². The SMILES string of the molecule is O=C(N1CCC(c2ccccc2)CC1)n1ccnc1. The fourth-order valence-corrected chi connectivity index (χ4v) is 2.66. The van der Waals surface area contributed by atoms with Crippen molar-refractivity contribution in [2.45, 2.75) is 18.8 Å². The van der Waals surface area contributed by atoms with Crippen molar-refractivity contribution in [3.05, 3.63) is 54.6 Å². The average Bonchev–Trinajstić information content (AvgIpc) is 3.02. The van der Waals surface area contributed by atoms with Crippen LogP contribution >= 0.6 is 0 Å². The zero-order chi connectivity index (χ0) is 13.1. The van der Waals surface area contributed by atoms with Crippen LogP contribution in [0.2, 0.25) is 0 Å². The Balaban J connectivity index is 1.62. The van der Waals surface area contributed by atoms with Crippen molar-refractivity contribution < 1.29 is 4.79 Å². The summed E-state index contributed by atoms with van der Waals surface area (Å²) in [7, 11) is 0. The molecule has 1 fully saturated rings. The Kier molecular flexibility index (Phi) is 3.31. The van der Waals surface area contributed by atoms with Crippen molar-refractivity contribution in [1.29, 1.82) is 0 Å². The molecule has 0 saturated carbocycles. The predicted molar refractivity (Wildman–Crippen MR) is 73.0 cm³/mol. The summed E-state index contributed by atoms with van der Waals surface area (Å²) in [5.41, 5.74) is 1.39. The molecular weight excluding hydrogens is 238 g/mol. The normalized spacial score (nSPS) is 16.5. The lowest BCUT2D eigenvalue weighted by atomic mass is 9.90. The number of nitrogens with zero attached hydrogens (tertiary/aromatic N) is 3. The van der Waals surface area contributed by atoms with Gasteiger partial charge in [-0.25, -0.2) is 9.78 Å². The van der Waals surface area contributed by atoms with Gasteiger partial charge in [-0.15, -0.1) is 0 Å². The molecule has 1 amide bonds. The second kappa shape index (κ2) is 5.26. The summed E-state index contributed by atoms with van der Waals surface area (Å²) in [4.78, 5) is 18.0. The van der Waals surface area contributed by atoms with Crippen LogP contribution < -0.4 is 0 Å². The van der Waals surface area contributed by atoms with Gasteiger partial charge in [-0.2, -0.15) is 0 Å². The molecule has 0 radical (unpaired) electrons. The van der Waals surface area contributed by atoms with Crippen LogP contribution in [0, 0.1) is 0 Å². The van der Waals surface area contributed by atoms with Crippen molar-refractivity contribution in [3.8, 4) is 0 Å². The first kappa shape index (κ1) is 12.0. The molecule has 1 aliphatic rings. The number of piperidine rings is 1. The third-order valence-corrected chi connectivity index (χ3v) is 3.76. The number of hydrogen-bond donors (Lipinski definition) is 0. The number of carbonyl (C=O) groups excluding carboxylic acids is 1. The standard InChI is InChI=1S/C15H17N3O/c19-15(18-11-8-16-12-18)17-9-6-14(7-10-17)13-4-2-1-3-5-13/h1-5,8,11-12,14H,6-7,9-10H2. The minimum atomic E-state index is 0.0315. The minimum absolute atomic E-state index is 0.0315. The second-order valence-corrected chi connectivity index (χ2v) is 4.92. The number of rotatable bonds is 1. The Morgan fingerprint density at radius 2 is 1.89 bits per heavy atom. The molecule has 4 nitrogen and oxygen atoms in total. The van der Waals surface area contributed by atoms with Crippen molar-refractivity contribution in [2.75, 3.05) is 13.1 Å². The highest BCUT2D eigenvalue weighted by molar-refractivity contribution is 5.76. The van der Waals surface area contributed by atoms with E-state index in [4.69, 9.17) is 0 Å². The van der Waals surface area contributed by atoms with E-state index >= 15 is 0 Å². The van der Waals surface area contributed by atoms with Gasteiger partial charge in [0.25, 0.3) is 0 Å². The fraction of sp³-hybridized carbons (Fsp3) is 0.333. The van der Waals surface area contributed by atoms with Crippen molar-refractivity contribution >= 4 is 6.03 Å². The Labute approximate surface area is 112 Å². The van der Waals surface area contributed by atoms with Gasteiger partial charge < -0.3 is 4.90 Å². The van der Waals surface area contributed by atoms with Crippen LogP contribution in [-0.4, -0.2) is 33.6 Å². The van der Waals surface area contributed by atoms with Gasteiger partial charge in [0.1, 0.15) is 6.33 Å². The second-order valence-electron chi connectivity index (χ2n) is 4.92. The largest absolute Gasteiger partial charge is 0.329 e. The highest BCUT2D eigenvalue weighted by atomic mass is 16.2. The molecule has 1 aliphatic heterocycles. The molecule has 98 valence electrons. The van der Waals surface area contributed by atoms with E-state index in [0.29, 0.717) is 5.92 Å². The Morgan fingerprint density at radius 3 is 2.53 bits per heavy atom. The molecule has 1 saturated heterocycles. The third-order valence-electron chi connectivity index (χ3n) is 3.76. The minimum Gasteiger partial charge on any atom is -0.324 e. The van der Waals surface area contributed by atoms with E-state index in [2.05, 4.69) is 29.2 Å². The summed E-state index contributed by atoms with van der Waals surface area (Å²) in [6.45, 7) is 1.63. The lowest BCUT2D eigenvalue weighted by Crippen LogP contribution is -2.40.